The quantitative estimate of drug-likeness (QED) is 0.107. The molecule has 39 heavy (non-hydrogen) atoms. The number of rotatable bonds is 13. The summed E-state index contributed by atoms with van der Waals surface area (Å²) in [5.41, 5.74) is 6.47. The standard InChI is InChI=1S/C33H34O5S/c1-2-3-23-37-30-19-15-28(16-20-30)32(26-11-6-4-7-12-26)33(27-13-8-5-9-14-27)29-17-21-31(22-18-29)38-24-10-25-39(34,35)36/h4-9,11-22H,2-3,10,23-25H2,1H3,(H,34,35,36). The Balaban J connectivity index is 1.74. The van der Waals surface area contributed by atoms with E-state index >= 15 is 0 Å². The molecule has 0 bridgehead atoms. The van der Waals surface area contributed by atoms with Crippen LogP contribution in [0.3, 0.4) is 0 Å². The fourth-order valence-electron chi connectivity index (χ4n) is 4.32. The van der Waals surface area contributed by atoms with Gasteiger partial charge in [-0.1, -0.05) is 98.3 Å². The Labute approximate surface area is 231 Å². The van der Waals surface area contributed by atoms with Crippen molar-refractivity contribution < 1.29 is 22.4 Å². The van der Waals surface area contributed by atoms with Crippen LogP contribution in [-0.4, -0.2) is 31.9 Å². The van der Waals surface area contributed by atoms with Crippen LogP contribution in [0.15, 0.2) is 109 Å². The van der Waals surface area contributed by atoms with Gasteiger partial charge in [-0.15, -0.1) is 0 Å². The number of benzene rings is 4. The maximum Gasteiger partial charge on any atom is 0.264 e. The molecule has 0 fully saturated rings. The molecular formula is C33H34O5S. The van der Waals surface area contributed by atoms with Crippen LogP contribution in [-0.2, 0) is 10.1 Å². The van der Waals surface area contributed by atoms with Crippen molar-refractivity contribution in [3.05, 3.63) is 131 Å². The van der Waals surface area contributed by atoms with E-state index in [9.17, 15) is 8.42 Å². The lowest BCUT2D eigenvalue weighted by atomic mass is 9.86. The van der Waals surface area contributed by atoms with Crippen molar-refractivity contribution in [1.82, 2.24) is 0 Å². The minimum atomic E-state index is -3.99. The normalized spacial score (nSPS) is 12.1. The highest BCUT2D eigenvalue weighted by Gasteiger charge is 2.16. The highest BCUT2D eigenvalue weighted by Crippen LogP contribution is 2.37. The summed E-state index contributed by atoms with van der Waals surface area (Å²) < 4.78 is 42.5. The number of unbranched alkanes of at least 4 members (excludes halogenated alkanes) is 1. The minimum absolute atomic E-state index is 0.197. The minimum Gasteiger partial charge on any atom is -0.494 e. The molecule has 6 heteroatoms. The first-order valence-corrected chi connectivity index (χ1v) is 14.8. The average molecular weight is 543 g/mol. The summed E-state index contributed by atoms with van der Waals surface area (Å²) >= 11 is 0. The predicted molar refractivity (Wildman–Crippen MR) is 158 cm³/mol. The number of ether oxygens (including phenoxy) is 2. The zero-order chi connectivity index (χ0) is 27.5. The molecule has 4 rings (SSSR count). The van der Waals surface area contributed by atoms with E-state index in [0.29, 0.717) is 12.4 Å². The fourth-order valence-corrected chi connectivity index (χ4v) is 4.80. The second-order valence-corrected chi connectivity index (χ2v) is 10.8. The van der Waals surface area contributed by atoms with E-state index in [-0.39, 0.29) is 18.8 Å². The third-order valence-corrected chi connectivity index (χ3v) is 7.05. The first-order valence-electron chi connectivity index (χ1n) is 13.2. The molecule has 5 nitrogen and oxygen atoms in total. The van der Waals surface area contributed by atoms with Crippen molar-refractivity contribution in [2.75, 3.05) is 19.0 Å². The van der Waals surface area contributed by atoms with Crippen molar-refractivity contribution in [3.8, 4) is 11.5 Å². The molecule has 0 radical (unpaired) electrons. The van der Waals surface area contributed by atoms with Gasteiger partial charge in [-0.3, -0.25) is 4.55 Å². The maximum atomic E-state index is 11.0. The molecule has 0 aromatic heterocycles. The Bertz CT molecular complexity index is 1440. The van der Waals surface area contributed by atoms with E-state index < -0.39 is 10.1 Å². The van der Waals surface area contributed by atoms with Crippen molar-refractivity contribution in [1.29, 1.82) is 0 Å². The first kappa shape index (κ1) is 28.1. The van der Waals surface area contributed by atoms with E-state index in [0.717, 1.165) is 52.0 Å². The van der Waals surface area contributed by atoms with Crippen LogP contribution in [0.25, 0.3) is 11.1 Å². The average Bonchev–Trinajstić information content (AvgIpc) is 2.96. The van der Waals surface area contributed by atoms with Crippen LogP contribution in [0.2, 0.25) is 0 Å². The second-order valence-electron chi connectivity index (χ2n) is 9.22. The molecule has 0 aliphatic rings. The van der Waals surface area contributed by atoms with Gasteiger partial charge < -0.3 is 9.47 Å². The Hall–Kier alpha value is -3.87. The van der Waals surface area contributed by atoms with Gasteiger partial charge >= 0.3 is 0 Å². The number of hydrogen-bond acceptors (Lipinski definition) is 4. The lowest BCUT2D eigenvalue weighted by molar-refractivity contribution is 0.309. The van der Waals surface area contributed by atoms with Crippen LogP contribution in [0.1, 0.15) is 48.4 Å². The smallest absolute Gasteiger partial charge is 0.264 e. The van der Waals surface area contributed by atoms with Gasteiger partial charge in [0.25, 0.3) is 10.1 Å². The number of hydrogen-bond donors (Lipinski definition) is 1. The fraction of sp³-hybridized carbons (Fsp3) is 0.212. The predicted octanol–water partition coefficient (Wildman–Crippen LogP) is 7.53. The third-order valence-electron chi connectivity index (χ3n) is 6.24. The molecule has 0 saturated carbocycles. The van der Waals surface area contributed by atoms with Crippen LogP contribution >= 0.6 is 0 Å². The van der Waals surface area contributed by atoms with E-state index in [1.165, 1.54) is 0 Å². The van der Waals surface area contributed by atoms with Gasteiger partial charge in [-0.25, -0.2) is 0 Å². The third kappa shape index (κ3) is 8.31. The van der Waals surface area contributed by atoms with Gasteiger partial charge in [-0.2, -0.15) is 8.42 Å². The molecule has 0 amide bonds. The summed E-state index contributed by atoms with van der Waals surface area (Å²) in [7, 11) is -3.99. The largest absolute Gasteiger partial charge is 0.494 e. The summed E-state index contributed by atoms with van der Waals surface area (Å²) in [4.78, 5) is 0. The van der Waals surface area contributed by atoms with Crippen molar-refractivity contribution >= 4 is 21.3 Å². The summed E-state index contributed by atoms with van der Waals surface area (Å²) in [6.45, 7) is 3.05. The maximum absolute atomic E-state index is 11.0. The highest BCUT2D eigenvalue weighted by molar-refractivity contribution is 7.85. The molecule has 0 aliphatic heterocycles. The van der Waals surface area contributed by atoms with Crippen LogP contribution < -0.4 is 9.47 Å². The van der Waals surface area contributed by atoms with Gasteiger partial charge in [0.1, 0.15) is 11.5 Å². The molecule has 0 heterocycles. The molecule has 0 unspecified atom stereocenters. The molecule has 202 valence electrons. The van der Waals surface area contributed by atoms with Crippen molar-refractivity contribution in [2.45, 2.75) is 26.2 Å². The summed E-state index contributed by atoms with van der Waals surface area (Å²) in [5.74, 6) is 1.17. The lowest BCUT2D eigenvalue weighted by Gasteiger charge is -2.19. The van der Waals surface area contributed by atoms with E-state index in [2.05, 4.69) is 43.3 Å². The second kappa shape index (κ2) is 13.8. The Morgan fingerprint density at radius 3 is 1.36 bits per heavy atom. The Morgan fingerprint density at radius 1 is 0.590 bits per heavy atom. The van der Waals surface area contributed by atoms with E-state index in [1.807, 2.05) is 72.8 Å². The van der Waals surface area contributed by atoms with E-state index in [1.54, 1.807) is 0 Å². The van der Waals surface area contributed by atoms with Gasteiger partial charge in [0.15, 0.2) is 0 Å². The van der Waals surface area contributed by atoms with Crippen LogP contribution in [0, 0.1) is 0 Å². The Morgan fingerprint density at radius 2 is 0.974 bits per heavy atom. The zero-order valence-electron chi connectivity index (χ0n) is 22.1. The van der Waals surface area contributed by atoms with Gasteiger partial charge in [0, 0.05) is 0 Å². The van der Waals surface area contributed by atoms with Gasteiger partial charge in [0.05, 0.1) is 19.0 Å². The van der Waals surface area contributed by atoms with Crippen LogP contribution in [0.5, 0.6) is 11.5 Å². The molecule has 0 spiro atoms. The summed E-state index contributed by atoms with van der Waals surface area (Å²) in [6, 6.07) is 36.7. The molecule has 0 saturated heterocycles. The molecule has 4 aromatic carbocycles. The molecule has 0 aliphatic carbocycles. The molecule has 1 N–H and O–H groups in total. The SMILES string of the molecule is CCCCOc1ccc(C(=C(c2ccccc2)c2ccc(OCCCS(=O)(=O)O)cc2)c2ccccc2)cc1. The first-order chi connectivity index (χ1) is 18.9. The van der Waals surface area contributed by atoms with Gasteiger partial charge in [0.2, 0.25) is 0 Å². The molecular weight excluding hydrogens is 508 g/mol. The topological polar surface area (TPSA) is 72.8 Å². The molecule has 0 atom stereocenters. The summed E-state index contributed by atoms with van der Waals surface area (Å²) in [5, 5.41) is 0. The van der Waals surface area contributed by atoms with E-state index in [4.69, 9.17) is 14.0 Å². The highest BCUT2D eigenvalue weighted by atomic mass is 32.2. The summed E-state index contributed by atoms with van der Waals surface area (Å²) in [6.07, 6.45) is 2.33. The Kier molecular flexibility index (Phi) is 9.95. The van der Waals surface area contributed by atoms with Crippen molar-refractivity contribution in [2.24, 2.45) is 0 Å². The monoisotopic (exact) mass is 542 g/mol. The zero-order valence-corrected chi connectivity index (χ0v) is 22.9. The van der Waals surface area contributed by atoms with Gasteiger partial charge in [-0.05, 0) is 70.5 Å². The van der Waals surface area contributed by atoms with Crippen molar-refractivity contribution in [3.63, 3.8) is 0 Å². The molecule has 4 aromatic rings. The lowest BCUT2D eigenvalue weighted by Crippen LogP contribution is -2.08. The van der Waals surface area contributed by atoms with Crippen LogP contribution in [0.4, 0.5) is 0 Å².